The summed E-state index contributed by atoms with van der Waals surface area (Å²) >= 11 is 0. The molecule has 0 spiro atoms. The highest BCUT2D eigenvalue weighted by Gasteiger charge is 2.16. The van der Waals surface area contributed by atoms with Crippen LogP contribution in [0.25, 0.3) is 0 Å². The monoisotopic (exact) mass is 335 g/mol. The summed E-state index contributed by atoms with van der Waals surface area (Å²) in [7, 11) is 0. The van der Waals surface area contributed by atoms with Crippen LogP contribution >= 0.6 is 12.4 Å². The van der Waals surface area contributed by atoms with Crippen molar-refractivity contribution in [2.75, 3.05) is 6.54 Å². The molecule has 0 bridgehead atoms. The Balaban J connectivity index is 0.00000264. The molecule has 2 aromatic rings. The maximum atomic E-state index is 10.3. The van der Waals surface area contributed by atoms with Gasteiger partial charge in [-0.1, -0.05) is 42.5 Å². The van der Waals surface area contributed by atoms with Crippen molar-refractivity contribution in [2.24, 2.45) is 0 Å². The molecule has 0 saturated heterocycles. The number of aryl methyl sites for hydroxylation is 2. The van der Waals surface area contributed by atoms with Gasteiger partial charge in [0.2, 0.25) is 0 Å². The number of phenolic OH excluding ortho intramolecular Hbond substituents is 1. The Labute approximate surface area is 144 Å². The highest BCUT2D eigenvalue weighted by molar-refractivity contribution is 5.85. The van der Waals surface area contributed by atoms with Crippen LogP contribution in [0.15, 0.2) is 48.5 Å². The maximum Gasteiger partial charge on any atom is 0.118 e. The van der Waals surface area contributed by atoms with Crippen molar-refractivity contribution in [3.05, 3.63) is 65.2 Å². The van der Waals surface area contributed by atoms with Gasteiger partial charge in [-0.25, -0.2) is 0 Å². The quantitative estimate of drug-likeness (QED) is 0.675. The molecule has 2 aromatic carbocycles. The molecule has 0 unspecified atom stereocenters. The van der Waals surface area contributed by atoms with E-state index >= 15 is 0 Å². The minimum Gasteiger partial charge on any atom is -0.508 e. The Morgan fingerprint density at radius 3 is 2.43 bits per heavy atom. The van der Waals surface area contributed by atoms with E-state index in [1.54, 1.807) is 6.07 Å². The van der Waals surface area contributed by atoms with Gasteiger partial charge < -0.3 is 15.5 Å². The van der Waals surface area contributed by atoms with E-state index in [9.17, 15) is 10.2 Å². The molecule has 0 saturated carbocycles. The van der Waals surface area contributed by atoms with E-state index in [1.807, 2.05) is 32.0 Å². The van der Waals surface area contributed by atoms with Gasteiger partial charge in [-0.3, -0.25) is 0 Å². The number of aromatic hydroxyl groups is 1. The molecule has 2 rings (SSSR count). The van der Waals surface area contributed by atoms with E-state index in [1.165, 1.54) is 5.56 Å². The molecule has 2 atom stereocenters. The average Bonchev–Trinajstić information content (AvgIpc) is 2.54. The molecule has 23 heavy (non-hydrogen) atoms. The fourth-order valence-corrected chi connectivity index (χ4v) is 2.48. The van der Waals surface area contributed by atoms with Crippen molar-refractivity contribution in [1.82, 2.24) is 5.32 Å². The van der Waals surface area contributed by atoms with Crippen LogP contribution in [0.4, 0.5) is 0 Å². The molecule has 0 aromatic heterocycles. The van der Waals surface area contributed by atoms with Crippen LogP contribution in [0.3, 0.4) is 0 Å². The zero-order chi connectivity index (χ0) is 15.9. The summed E-state index contributed by atoms with van der Waals surface area (Å²) in [6.45, 7) is 4.66. The lowest BCUT2D eigenvalue weighted by molar-refractivity contribution is 0.136. The molecule has 4 heteroatoms. The largest absolute Gasteiger partial charge is 0.508 e. The second-order valence-corrected chi connectivity index (χ2v) is 5.82. The lowest BCUT2D eigenvalue weighted by Gasteiger charge is -2.21. The van der Waals surface area contributed by atoms with Crippen molar-refractivity contribution >= 4 is 12.4 Å². The first-order valence-corrected chi connectivity index (χ1v) is 7.83. The van der Waals surface area contributed by atoms with E-state index in [2.05, 4.69) is 29.6 Å². The molecule has 0 amide bonds. The van der Waals surface area contributed by atoms with Crippen LogP contribution in [-0.2, 0) is 6.42 Å². The molecule has 0 aliphatic carbocycles. The fraction of sp³-hybridized carbons (Fsp3) is 0.368. The smallest absolute Gasteiger partial charge is 0.118 e. The molecule has 3 N–H and O–H groups in total. The predicted molar refractivity (Wildman–Crippen MR) is 97.3 cm³/mol. The van der Waals surface area contributed by atoms with Gasteiger partial charge in [-0.15, -0.1) is 12.4 Å². The predicted octanol–water partition coefficient (Wildman–Crippen LogP) is 3.77. The topological polar surface area (TPSA) is 52.5 Å². The third kappa shape index (κ3) is 5.87. The van der Waals surface area contributed by atoms with Crippen molar-refractivity contribution in [3.8, 4) is 5.75 Å². The third-order valence-electron chi connectivity index (χ3n) is 4.00. The highest BCUT2D eigenvalue weighted by atomic mass is 35.5. The summed E-state index contributed by atoms with van der Waals surface area (Å²) in [5.74, 6) is 0.229. The molecular formula is C19H26ClNO2. The molecule has 0 aliphatic heterocycles. The van der Waals surface area contributed by atoms with Crippen molar-refractivity contribution in [3.63, 3.8) is 0 Å². The molecule has 0 fully saturated rings. The van der Waals surface area contributed by atoms with Crippen molar-refractivity contribution in [1.29, 1.82) is 0 Å². The summed E-state index contributed by atoms with van der Waals surface area (Å²) in [5, 5.41) is 23.4. The van der Waals surface area contributed by atoms with Crippen molar-refractivity contribution in [2.45, 2.75) is 38.8 Å². The third-order valence-corrected chi connectivity index (χ3v) is 4.00. The Bertz CT molecular complexity index is 589. The minimum atomic E-state index is -0.622. The normalized spacial score (nSPS) is 13.2. The van der Waals surface area contributed by atoms with Gasteiger partial charge in [-0.05, 0) is 56.0 Å². The number of hydrogen-bond donors (Lipinski definition) is 3. The van der Waals surface area contributed by atoms with Crippen LogP contribution in [0.2, 0.25) is 0 Å². The second-order valence-electron chi connectivity index (χ2n) is 5.82. The zero-order valence-corrected chi connectivity index (χ0v) is 14.5. The van der Waals surface area contributed by atoms with Crippen LogP contribution in [0.5, 0.6) is 5.75 Å². The number of hydrogen-bond acceptors (Lipinski definition) is 3. The van der Waals surface area contributed by atoms with Gasteiger partial charge in [0.25, 0.3) is 0 Å². The van der Waals surface area contributed by atoms with Crippen LogP contribution in [-0.4, -0.2) is 22.8 Å². The summed E-state index contributed by atoms with van der Waals surface area (Å²) in [6, 6.07) is 15.7. The summed E-state index contributed by atoms with van der Waals surface area (Å²) in [5.41, 5.74) is 2.89. The van der Waals surface area contributed by atoms with Crippen LogP contribution < -0.4 is 5.32 Å². The van der Waals surface area contributed by atoms with Crippen molar-refractivity contribution < 1.29 is 10.2 Å². The van der Waals surface area contributed by atoms with E-state index in [-0.39, 0.29) is 24.2 Å². The molecule has 0 radical (unpaired) electrons. The van der Waals surface area contributed by atoms with Crippen LogP contribution in [0, 0.1) is 6.92 Å². The molecule has 0 heterocycles. The van der Waals surface area contributed by atoms with Crippen LogP contribution in [0.1, 0.15) is 36.1 Å². The molecule has 3 nitrogen and oxygen atoms in total. The minimum absolute atomic E-state index is 0. The van der Waals surface area contributed by atoms with Gasteiger partial charge in [0, 0.05) is 6.04 Å². The first-order chi connectivity index (χ1) is 10.6. The molecule has 126 valence electrons. The van der Waals surface area contributed by atoms with Gasteiger partial charge in [0.15, 0.2) is 0 Å². The lowest BCUT2D eigenvalue weighted by Crippen LogP contribution is -2.33. The number of phenols is 1. The van der Waals surface area contributed by atoms with Gasteiger partial charge in [0.1, 0.15) is 5.75 Å². The van der Waals surface area contributed by atoms with Gasteiger partial charge in [-0.2, -0.15) is 0 Å². The molecule has 0 aliphatic rings. The number of halogens is 1. The number of aliphatic hydroxyl groups is 1. The Morgan fingerprint density at radius 2 is 1.78 bits per heavy atom. The van der Waals surface area contributed by atoms with E-state index in [4.69, 9.17) is 0 Å². The second kappa shape index (κ2) is 9.56. The standard InChI is InChI=1S/C19H25NO2.ClH/c1-14-10-11-17(13-18(14)21)19(22)15(2)20-12-6-9-16-7-4-3-5-8-16;/h3-5,7-8,10-11,13,15,19-22H,6,9,12H2,1-2H3;1H/t15-,19-;/m0./s1. The van der Waals surface area contributed by atoms with E-state index < -0.39 is 6.10 Å². The fourth-order valence-electron chi connectivity index (χ4n) is 2.48. The highest BCUT2D eigenvalue weighted by Crippen LogP contribution is 2.24. The Hall–Kier alpha value is -1.55. The van der Waals surface area contributed by atoms with E-state index in [0.717, 1.165) is 30.5 Å². The molecular weight excluding hydrogens is 310 g/mol. The number of rotatable bonds is 7. The summed E-state index contributed by atoms with van der Waals surface area (Å²) in [4.78, 5) is 0. The van der Waals surface area contributed by atoms with Gasteiger partial charge in [0.05, 0.1) is 6.10 Å². The SMILES string of the molecule is Cc1ccc([C@@H](O)[C@H](C)NCCCc2ccccc2)cc1O.Cl. The number of nitrogens with one attached hydrogen (secondary N) is 1. The lowest BCUT2D eigenvalue weighted by atomic mass is 10.0. The number of aliphatic hydroxyl groups excluding tert-OH is 1. The van der Waals surface area contributed by atoms with Gasteiger partial charge >= 0.3 is 0 Å². The average molecular weight is 336 g/mol. The maximum absolute atomic E-state index is 10.3. The first kappa shape index (κ1) is 19.5. The Morgan fingerprint density at radius 1 is 1.09 bits per heavy atom. The van der Waals surface area contributed by atoms with E-state index in [0.29, 0.717) is 0 Å². The Kier molecular flexibility index (Phi) is 8.10. The summed E-state index contributed by atoms with van der Waals surface area (Å²) < 4.78 is 0. The zero-order valence-electron chi connectivity index (χ0n) is 13.7. The number of benzene rings is 2. The summed E-state index contributed by atoms with van der Waals surface area (Å²) in [6.07, 6.45) is 1.44. The first-order valence-electron chi connectivity index (χ1n) is 7.83.